The van der Waals surface area contributed by atoms with Crippen LogP contribution in [0.5, 0.6) is 0 Å². The summed E-state index contributed by atoms with van der Waals surface area (Å²) in [5.41, 5.74) is 3.32. The Morgan fingerprint density at radius 2 is 1.02 bits per heavy atom. The first-order valence-corrected chi connectivity index (χ1v) is 16.7. The van der Waals surface area contributed by atoms with Crippen LogP contribution in [0.1, 0.15) is 0 Å². The molecule has 0 aliphatic carbocycles. The molecule has 1 aliphatic heterocycles. The number of rotatable bonds is 2. The smallest absolute Gasteiger partial charge is 0.173 e. The molecule has 1 aliphatic rings. The number of hydrogen-bond donors (Lipinski definition) is 0. The zero-order valence-electron chi connectivity index (χ0n) is 22.6. The number of nitrogens with zero attached hydrogens (tertiary/aromatic N) is 1. The van der Waals surface area contributed by atoms with Crippen molar-refractivity contribution in [2.75, 3.05) is 0 Å². The number of benzene rings is 7. The van der Waals surface area contributed by atoms with Crippen LogP contribution >= 0.6 is 18.9 Å². The zero-order chi connectivity index (χ0) is 27.8. The van der Waals surface area contributed by atoms with E-state index in [1.54, 1.807) is 11.8 Å². The van der Waals surface area contributed by atoms with Gasteiger partial charge < -0.3 is 9.13 Å². The van der Waals surface area contributed by atoms with Gasteiger partial charge >= 0.3 is 0 Å². The molecule has 0 spiro atoms. The highest BCUT2D eigenvalue weighted by atomic mass is 32.2. The van der Waals surface area contributed by atoms with Crippen LogP contribution in [-0.4, -0.2) is 4.57 Å². The minimum Gasteiger partial charge on any atom is -0.309 e. The second-order valence-electron chi connectivity index (χ2n) is 10.9. The quantitative estimate of drug-likeness (QED) is 0.152. The predicted molar refractivity (Wildman–Crippen MR) is 179 cm³/mol. The molecule has 0 N–H and O–H groups in total. The SMILES string of the molecule is O=P1(c2cc3ccccc3c3ccccc23)c2ccccc2Sc2ccc(-n3c4ccccc4c4ccccc43)cc21. The van der Waals surface area contributed by atoms with Crippen molar-refractivity contribution in [3.8, 4) is 5.69 Å². The Kier molecular flexibility index (Phi) is 5.14. The van der Waals surface area contributed by atoms with Crippen LogP contribution in [0.3, 0.4) is 0 Å². The topological polar surface area (TPSA) is 22.0 Å². The Balaban J connectivity index is 1.40. The minimum atomic E-state index is -3.28. The molecule has 2 heterocycles. The molecule has 0 fully saturated rings. The van der Waals surface area contributed by atoms with Crippen LogP contribution in [-0.2, 0) is 4.57 Å². The molecule has 198 valence electrons. The molecular weight excluding hydrogens is 549 g/mol. The number of aromatic nitrogens is 1. The van der Waals surface area contributed by atoms with Crippen molar-refractivity contribution in [3.63, 3.8) is 0 Å². The lowest BCUT2D eigenvalue weighted by Gasteiger charge is -2.30. The van der Waals surface area contributed by atoms with E-state index in [4.69, 9.17) is 0 Å². The summed E-state index contributed by atoms with van der Waals surface area (Å²) in [5, 5.41) is 9.65. The van der Waals surface area contributed by atoms with Gasteiger partial charge in [-0.2, -0.15) is 0 Å². The Morgan fingerprint density at radius 3 is 1.79 bits per heavy atom. The average molecular weight is 574 g/mol. The Bertz CT molecular complexity index is 2390. The van der Waals surface area contributed by atoms with Crippen LogP contribution in [0.25, 0.3) is 49.0 Å². The Hall–Kier alpha value is -4.56. The lowest BCUT2D eigenvalue weighted by molar-refractivity contribution is 0.592. The van der Waals surface area contributed by atoms with Gasteiger partial charge in [0.25, 0.3) is 0 Å². The van der Waals surface area contributed by atoms with E-state index < -0.39 is 7.14 Å². The third-order valence-electron chi connectivity index (χ3n) is 8.63. The van der Waals surface area contributed by atoms with Crippen LogP contribution in [0, 0.1) is 0 Å². The maximum atomic E-state index is 16.2. The highest BCUT2D eigenvalue weighted by Crippen LogP contribution is 2.54. The monoisotopic (exact) mass is 573 g/mol. The molecule has 0 saturated carbocycles. The Labute approximate surface area is 247 Å². The summed E-state index contributed by atoms with van der Waals surface area (Å²) in [6, 6.07) is 51.0. The van der Waals surface area contributed by atoms with E-state index in [1.807, 2.05) is 12.1 Å². The van der Waals surface area contributed by atoms with Gasteiger partial charge in [-0.1, -0.05) is 109 Å². The molecule has 0 bridgehead atoms. The maximum absolute atomic E-state index is 16.2. The summed E-state index contributed by atoms with van der Waals surface area (Å²) in [7, 11) is -3.28. The normalized spacial score (nSPS) is 16.2. The zero-order valence-corrected chi connectivity index (χ0v) is 24.3. The fourth-order valence-electron chi connectivity index (χ4n) is 6.78. The van der Waals surface area contributed by atoms with E-state index in [1.165, 1.54) is 16.2 Å². The van der Waals surface area contributed by atoms with Gasteiger partial charge in [0.1, 0.15) is 0 Å². The van der Waals surface area contributed by atoms with Crippen molar-refractivity contribution in [2.45, 2.75) is 9.79 Å². The van der Waals surface area contributed by atoms with Crippen molar-refractivity contribution < 1.29 is 4.57 Å². The number of fused-ring (bicyclic) bond motifs is 8. The van der Waals surface area contributed by atoms with Crippen LogP contribution < -0.4 is 15.9 Å². The summed E-state index contributed by atoms with van der Waals surface area (Å²) in [5.74, 6) is 0. The fourth-order valence-corrected chi connectivity index (χ4v) is 11.7. The van der Waals surface area contributed by atoms with Gasteiger partial charge in [-0.3, -0.25) is 0 Å². The van der Waals surface area contributed by atoms with Gasteiger partial charge in [-0.05, 0) is 70.1 Å². The second kappa shape index (κ2) is 8.97. The summed E-state index contributed by atoms with van der Waals surface area (Å²) in [4.78, 5) is 2.12. The Morgan fingerprint density at radius 1 is 0.452 bits per heavy atom. The third-order valence-corrected chi connectivity index (χ3v) is 13.2. The standard InChI is InChI=1S/C38H24NOPS/c40-41(35-23-25-11-1-2-12-27(25)28-13-3-4-16-31(28)35)34-19-9-10-20-37(34)42-38-22-21-26(24-36(38)41)39-32-17-7-5-14-29(32)30-15-6-8-18-33(30)39/h1-24H. The first kappa shape index (κ1) is 24.1. The average Bonchev–Trinajstić information content (AvgIpc) is 3.39. The first-order chi connectivity index (χ1) is 20.7. The molecule has 8 aromatic rings. The molecule has 9 rings (SSSR count). The van der Waals surface area contributed by atoms with Crippen molar-refractivity contribution in [3.05, 3.63) is 146 Å². The maximum Gasteiger partial charge on any atom is 0.173 e. The van der Waals surface area contributed by atoms with E-state index in [0.29, 0.717) is 0 Å². The lowest BCUT2D eigenvalue weighted by atomic mass is 10.0. The van der Waals surface area contributed by atoms with E-state index >= 15 is 4.57 Å². The number of hydrogen-bond acceptors (Lipinski definition) is 2. The van der Waals surface area contributed by atoms with E-state index in [9.17, 15) is 0 Å². The molecule has 4 heteroatoms. The van der Waals surface area contributed by atoms with Crippen LogP contribution in [0.2, 0.25) is 0 Å². The first-order valence-electron chi connectivity index (χ1n) is 14.1. The largest absolute Gasteiger partial charge is 0.309 e. The molecule has 1 aromatic heterocycles. The molecule has 0 radical (unpaired) electrons. The van der Waals surface area contributed by atoms with Crippen LogP contribution in [0.15, 0.2) is 155 Å². The summed E-state index contributed by atoms with van der Waals surface area (Å²) in [6.45, 7) is 0. The van der Waals surface area contributed by atoms with Crippen molar-refractivity contribution in [2.24, 2.45) is 0 Å². The molecule has 7 aromatic carbocycles. The molecule has 1 unspecified atom stereocenters. The van der Waals surface area contributed by atoms with E-state index in [0.717, 1.165) is 58.6 Å². The molecule has 0 amide bonds. The van der Waals surface area contributed by atoms with Gasteiger partial charge in [0.2, 0.25) is 0 Å². The van der Waals surface area contributed by atoms with Crippen molar-refractivity contribution >= 4 is 78.2 Å². The van der Waals surface area contributed by atoms with Gasteiger partial charge in [0, 0.05) is 42.2 Å². The molecule has 42 heavy (non-hydrogen) atoms. The van der Waals surface area contributed by atoms with Crippen LogP contribution in [0.4, 0.5) is 0 Å². The van der Waals surface area contributed by atoms with Gasteiger partial charge in [0.15, 0.2) is 7.14 Å². The second-order valence-corrected chi connectivity index (χ2v) is 14.6. The molecule has 2 nitrogen and oxygen atoms in total. The predicted octanol–water partition coefficient (Wildman–Crippen LogP) is 9.19. The van der Waals surface area contributed by atoms with Gasteiger partial charge in [-0.15, -0.1) is 0 Å². The molecule has 1 atom stereocenters. The highest BCUT2D eigenvalue weighted by molar-refractivity contribution is 8.02. The van der Waals surface area contributed by atoms with Crippen molar-refractivity contribution in [1.29, 1.82) is 0 Å². The minimum absolute atomic E-state index is 0.908. The lowest BCUT2D eigenvalue weighted by Crippen LogP contribution is -2.31. The van der Waals surface area contributed by atoms with Crippen molar-refractivity contribution in [1.82, 2.24) is 4.57 Å². The summed E-state index contributed by atoms with van der Waals surface area (Å²) < 4.78 is 18.5. The molecular formula is C38H24NOPS. The summed E-state index contributed by atoms with van der Waals surface area (Å²) >= 11 is 1.72. The van der Waals surface area contributed by atoms with E-state index in [2.05, 4.69) is 138 Å². The molecule has 0 saturated heterocycles. The van der Waals surface area contributed by atoms with Gasteiger partial charge in [0.05, 0.1) is 11.0 Å². The van der Waals surface area contributed by atoms with Gasteiger partial charge in [-0.25, -0.2) is 0 Å². The summed E-state index contributed by atoms with van der Waals surface area (Å²) in [6.07, 6.45) is 0. The third kappa shape index (κ3) is 3.27. The fraction of sp³-hybridized carbons (Fsp3) is 0. The number of para-hydroxylation sites is 2. The van der Waals surface area contributed by atoms with E-state index in [-0.39, 0.29) is 0 Å². The highest BCUT2D eigenvalue weighted by Gasteiger charge is 2.39.